The van der Waals surface area contributed by atoms with E-state index in [0.29, 0.717) is 5.56 Å². The van der Waals surface area contributed by atoms with E-state index in [1.807, 2.05) is 0 Å². The van der Waals surface area contributed by atoms with Crippen LogP contribution in [0.15, 0.2) is 22.7 Å². The van der Waals surface area contributed by atoms with Crippen molar-refractivity contribution in [2.24, 2.45) is 0 Å². The molecule has 1 amide bonds. The standard InChI is InChI=1S/C12H15BrFNO2/c1-7(2)17-12(16)15-8(3)10-6-9(13)4-5-11(10)14/h4-8H,1-3H3,(H,15,16). The van der Waals surface area contributed by atoms with Crippen LogP contribution in [0.4, 0.5) is 9.18 Å². The van der Waals surface area contributed by atoms with Crippen LogP contribution >= 0.6 is 15.9 Å². The number of alkyl carbamates (subject to hydrolysis) is 1. The van der Waals surface area contributed by atoms with Crippen LogP contribution in [0, 0.1) is 5.82 Å². The van der Waals surface area contributed by atoms with E-state index in [4.69, 9.17) is 4.74 Å². The van der Waals surface area contributed by atoms with Gasteiger partial charge in [-0.25, -0.2) is 9.18 Å². The first-order valence-electron chi connectivity index (χ1n) is 5.32. The van der Waals surface area contributed by atoms with Gasteiger partial charge >= 0.3 is 6.09 Å². The molecular formula is C12H15BrFNO2. The third kappa shape index (κ3) is 4.34. The highest BCUT2D eigenvalue weighted by atomic mass is 79.9. The van der Waals surface area contributed by atoms with Crippen LogP contribution in [0.2, 0.25) is 0 Å². The summed E-state index contributed by atoms with van der Waals surface area (Å²) < 4.78 is 19.2. The van der Waals surface area contributed by atoms with Crippen molar-refractivity contribution in [1.29, 1.82) is 0 Å². The van der Waals surface area contributed by atoms with Crippen molar-refractivity contribution in [1.82, 2.24) is 5.32 Å². The highest BCUT2D eigenvalue weighted by Crippen LogP contribution is 2.21. The van der Waals surface area contributed by atoms with Crippen molar-refractivity contribution in [3.8, 4) is 0 Å². The van der Waals surface area contributed by atoms with Gasteiger partial charge in [0.2, 0.25) is 0 Å². The second-order valence-corrected chi connectivity index (χ2v) is 4.90. The Morgan fingerprint density at radius 3 is 2.65 bits per heavy atom. The number of carbonyl (C=O) groups is 1. The van der Waals surface area contributed by atoms with Crippen molar-refractivity contribution in [3.05, 3.63) is 34.1 Å². The largest absolute Gasteiger partial charge is 0.447 e. The van der Waals surface area contributed by atoms with Crippen LogP contribution in [-0.4, -0.2) is 12.2 Å². The predicted molar refractivity (Wildman–Crippen MR) is 67.3 cm³/mol. The third-order valence-corrected chi connectivity index (χ3v) is 2.59. The Balaban J connectivity index is 2.72. The van der Waals surface area contributed by atoms with Crippen molar-refractivity contribution in [3.63, 3.8) is 0 Å². The molecular weight excluding hydrogens is 289 g/mol. The Labute approximate surface area is 108 Å². The summed E-state index contributed by atoms with van der Waals surface area (Å²) in [5.74, 6) is -0.356. The second kappa shape index (κ2) is 6.00. The Morgan fingerprint density at radius 1 is 1.41 bits per heavy atom. The molecule has 1 N–H and O–H groups in total. The van der Waals surface area contributed by atoms with Gasteiger partial charge in [-0.15, -0.1) is 0 Å². The molecule has 0 radical (unpaired) electrons. The Kier molecular flexibility index (Phi) is 4.93. The zero-order valence-corrected chi connectivity index (χ0v) is 11.5. The summed E-state index contributed by atoms with van der Waals surface area (Å²) in [4.78, 5) is 11.4. The smallest absolute Gasteiger partial charge is 0.407 e. The lowest BCUT2D eigenvalue weighted by Crippen LogP contribution is -2.29. The van der Waals surface area contributed by atoms with Crippen molar-refractivity contribution >= 4 is 22.0 Å². The first-order chi connectivity index (χ1) is 7.90. The number of rotatable bonds is 3. The molecule has 1 aromatic carbocycles. The van der Waals surface area contributed by atoms with Gasteiger partial charge in [-0.2, -0.15) is 0 Å². The molecule has 0 aromatic heterocycles. The number of carbonyl (C=O) groups excluding carboxylic acids is 1. The van der Waals surface area contributed by atoms with E-state index < -0.39 is 12.1 Å². The summed E-state index contributed by atoms with van der Waals surface area (Å²) in [6, 6.07) is 4.15. The lowest BCUT2D eigenvalue weighted by atomic mass is 10.1. The quantitative estimate of drug-likeness (QED) is 0.923. The molecule has 1 rings (SSSR count). The average Bonchev–Trinajstić information content (AvgIpc) is 2.20. The molecule has 0 aliphatic heterocycles. The maximum atomic E-state index is 13.5. The van der Waals surface area contributed by atoms with Crippen LogP contribution in [0.25, 0.3) is 0 Å². The van der Waals surface area contributed by atoms with E-state index in [1.165, 1.54) is 6.07 Å². The third-order valence-electron chi connectivity index (χ3n) is 2.10. The maximum Gasteiger partial charge on any atom is 0.407 e. The summed E-state index contributed by atoms with van der Waals surface area (Å²) in [5, 5.41) is 2.57. The van der Waals surface area contributed by atoms with Gasteiger partial charge in [-0.05, 0) is 39.0 Å². The molecule has 1 aromatic rings. The molecule has 0 aliphatic carbocycles. The van der Waals surface area contributed by atoms with E-state index in [9.17, 15) is 9.18 Å². The summed E-state index contributed by atoms with van der Waals surface area (Å²) in [6.45, 7) is 5.21. The second-order valence-electron chi connectivity index (χ2n) is 3.99. The number of amides is 1. The van der Waals surface area contributed by atoms with Gasteiger partial charge in [-0.1, -0.05) is 15.9 Å². The number of ether oxygens (including phenoxy) is 1. The van der Waals surface area contributed by atoms with E-state index >= 15 is 0 Å². The summed E-state index contributed by atoms with van der Waals surface area (Å²) >= 11 is 3.26. The van der Waals surface area contributed by atoms with Gasteiger partial charge in [-0.3, -0.25) is 0 Å². The number of hydrogen-bond donors (Lipinski definition) is 1. The van der Waals surface area contributed by atoms with Crippen LogP contribution in [0.3, 0.4) is 0 Å². The van der Waals surface area contributed by atoms with Gasteiger partial charge in [0.25, 0.3) is 0 Å². The highest BCUT2D eigenvalue weighted by molar-refractivity contribution is 9.10. The van der Waals surface area contributed by atoms with Crippen LogP contribution in [-0.2, 0) is 4.74 Å². The molecule has 1 atom stereocenters. The fourth-order valence-electron chi connectivity index (χ4n) is 1.35. The van der Waals surface area contributed by atoms with Crippen molar-refractivity contribution in [2.45, 2.75) is 32.9 Å². The molecule has 17 heavy (non-hydrogen) atoms. The molecule has 0 spiro atoms. The summed E-state index contributed by atoms with van der Waals surface area (Å²) in [6.07, 6.45) is -0.749. The lowest BCUT2D eigenvalue weighted by molar-refractivity contribution is 0.112. The number of hydrogen-bond acceptors (Lipinski definition) is 2. The van der Waals surface area contributed by atoms with Crippen molar-refractivity contribution < 1.29 is 13.9 Å². The zero-order valence-electron chi connectivity index (χ0n) is 9.96. The minimum atomic E-state index is -0.549. The van der Waals surface area contributed by atoms with E-state index in [1.54, 1.807) is 32.9 Å². The minimum Gasteiger partial charge on any atom is -0.447 e. The van der Waals surface area contributed by atoms with Crippen LogP contribution in [0.1, 0.15) is 32.4 Å². The Bertz CT molecular complexity index is 409. The van der Waals surface area contributed by atoms with Gasteiger partial charge in [0, 0.05) is 10.0 Å². The lowest BCUT2D eigenvalue weighted by Gasteiger charge is -2.16. The van der Waals surface area contributed by atoms with E-state index in [0.717, 1.165) is 4.47 Å². The highest BCUT2D eigenvalue weighted by Gasteiger charge is 2.15. The van der Waals surface area contributed by atoms with Crippen molar-refractivity contribution in [2.75, 3.05) is 0 Å². The SMILES string of the molecule is CC(C)OC(=O)NC(C)c1cc(Br)ccc1F. The molecule has 94 valence electrons. The number of benzene rings is 1. The molecule has 3 nitrogen and oxygen atoms in total. The molecule has 1 unspecified atom stereocenters. The van der Waals surface area contributed by atoms with Gasteiger partial charge in [0.15, 0.2) is 0 Å². The monoisotopic (exact) mass is 303 g/mol. The zero-order chi connectivity index (χ0) is 13.0. The predicted octanol–water partition coefficient (Wildman–Crippen LogP) is 3.78. The molecule has 0 aliphatic rings. The average molecular weight is 304 g/mol. The molecule has 0 bridgehead atoms. The first kappa shape index (κ1) is 14.0. The molecule has 0 fully saturated rings. The number of halogens is 2. The Morgan fingerprint density at radius 2 is 2.06 bits per heavy atom. The fraction of sp³-hybridized carbons (Fsp3) is 0.417. The minimum absolute atomic E-state index is 0.199. The fourth-order valence-corrected chi connectivity index (χ4v) is 1.73. The normalized spacial score (nSPS) is 12.4. The van der Waals surface area contributed by atoms with Gasteiger partial charge in [0.05, 0.1) is 12.1 Å². The molecule has 0 saturated heterocycles. The molecule has 5 heteroatoms. The summed E-state index contributed by atoms with van der Waals surface area (Å²) in [5.41, 5.74) is 0.417. The topological polar surface area (TPSA) is 38.3 Å². The number of nitrogens with one attached hydrogen (secondary N) is 1. The van der Waals surface area contributed by atoms with Gasteiger partial charge < -0.3 is 10.1 Å². The summed E-state index contributed by atoms with van der Waals surface area (Å²) in [7, 11) is 0. The maximum absolute atomic E-state index is 13.5. The molecule has 0 saturated carbocycles. The van der Waals surface area contributed by atoms with E-state index in [2.05, 4.69) is 21.2 Å². The van der Waals surface area contributed by atoms with Gasteiger partial charge in [0.1, 0.15) is 5.82 Å². The van der Waals surface area contributed by atoms with Crippen LogP contribution < -0.4 is 5.32 Å². The van der Waals surface area contributed by atoms with E-state index in [-0.39, 0.29) is 11.9 Å². The first-order valence-corrected chi connectivity index (χ1v) is 6.11. The molecule has 0 heterocycles. The Hall–Kier alpha value is -1.10. The van der Waals surface area contributed by atoms with Crippen LogP contribution in [0.5, 0.6) is 0 Å².